The lowest BCUT2D eigenvalue weighted by Crippen LogP contribution is -2.37. The number of aliphatic hydroxyl groups excluding tert-OH is 1. The monoisotopic (exact) mass is 231 g/mol. The first kappa shape index (κ1) is 13.3. The molecule has 0 spiro atoms. The van der Waals surface area contributed by atoms with Crippen molar-refractivity contribution in [1.29, 1.82) is 0 Å². The fourth-order valence-electron chi connectivity index (χ4n) is 2.43. The third kappa shape index (κ3) is 3.36. The summed E-state index contributed by atoms with van der Waals surface area (Å²) in [5.41, 5.74) is 0.382. The molecule has 1 saturated heterocycles. The Morgan fingerprint density at radius 1 is 1.40 bits per heavy atom. The molecule has 0 amide bonds. The van der Waals surface area contributed by atoms with Crippen LogP contribution in [0, 0.1) is 11.3 Å². The minimum absolute atomic E-state index is 0.350. The van der Waals surface area contributed by atoms with E-state index in [1.165, 1.54) is 12.8 Å². The SMILES string of the molecule is CCC(CC)(CS)CN1CCC(CO)C1. The molecule has 1 fully saturated rings. The average molecular weight is 231 g/mol. The summed E-state index contributed by atoms with van der Waals surface area (Å²) in [4.78, 5) is 2.50. The molecule has 3 heteroatoms. The molecule has 2 nitrogen and oxygen atoms in total. The van der Waals surface area contributed by atoms with Gasteiger partial charge in [-0.2, -0.15) is 12.6 Å². The van der Waals surface area contributed by atoms with E-state index in [1.807, 2.05) is 0 Å². The average Bonchev–Trinajstić information content (AvgIpc) is 2.73. The van der Waals surface area contributed by atoms with Crippen molar-refractivity contribution in [3.05, 3.63) is 0 Å². The molecule has 1 unspecified atom stereocenters. The maximum Gasteiger partial charge on any atom is 0.0471 e. The number of hydrogen-bond donors (Lipinski definition) is 2. The summed E-state index contributed by atoms with van der Waals surface area (Å²) in [6.45, 7) is 8.26. The molecular formula is C12H25NOS. The van der Waals surface area contributed by atoms with Crippen molar-refractivity contribution in [2.75, 3.05) is 32.0 Å². The Labute approximate surface area is 99.5 Å². The van der Waals surface area contributed by atoms with Crippen LogP contribution in [-0.4, -0.2) is 42.0 Å². The third-order valence-corrected chi connectivity index (χ3v) is 4.69. The van der Waals surface area contributed by atoms with Crippen molar-refractivity contribution >= 4 is 12.6 Å². The van der Waals surface area contributed by atoms with Gasteiger partial charge in [-0.25, -0.2) is 0 Å². The molecule has 1 rings (SSSR count). The van der Waals surface area contributed by atoms with Crippen molar-refractivity contribution in [1.82, 2.24) is 4.90 Å². The van der Waals surface area contributed by atoms with Gasteiger partial charge in [-0.15, -0.1) is 0 Å². The molecule has 1 aliphatic heterocycles. The lowest BCUT2D eigenvalue weighted by atomic mass is 9.84. The highest BCUT2D eigenvalue weighted by atomic mass is 32.1. The van der Waals surface area contributed by atoms with Gasteiger partial charge in [0, 0.05) is 19.7 Å². The van der Waals surface area contributed by atoms with Gasteiger partial charge in [0.05, 0.1) is 0 Å². The maximum atomic E-state index is 9.11. The highest BCUT2D eigenvalue weighted by Crippen LogP contribution is 2.31. The van der Waals surface area contributed by atoms with Gasteiger partial charge in [-0.1, -0.05) is 13.8 Å². The fraction of sp³-hybridized carbons (Fsp3) is 1.00. The molecule has 0 aromatic carbocycles. The van der Waals surface area contributed by atoms with Crippen LogP contribution >= 0.6 is 12.6 Å². The quantitative estimate of drug-likeness (QED) is 0.683. The van der Waals surface area contributed by atoms with Crippen LogP contribution in [0.3, 0.4) is 0 Å². The van der Waals surface area contributed by atoms with E-state index in [0.29, 0.717) is 17.9 Å². The molecule has 1 aliphatic rings. The van der Waals surface area contributed by atoms with Crippen LogP contribution in [0.4, 0.5) is 0 Å². The molecule has 0 aliphatic carbocycles. The molecule has 0 bridgehead atoms. The zero-order chi connectivity index (χ0) is 11.3. The summed E-state index contributed by atoms with van der Waals surface area (Å²) in [6, 6.07) is 0. The Kier molecular flexibility index (Phi) is 5.44. The molecule has 90 valence electrons. The first-order chi connectivity index (χ1) is 7.19. The lowest BCUT2D eigenvalue weighted by molar-refractivity contribution is 0.168. The van der Waals surface area contributed by atoms with E-state index in [2.05, 4.69) is 31.4 Å². The standard InChI is InChI=1S/C12H25NOS/c1-3-12(4-2,10-15)9-13-6-5-11(7-13)8-14/h11,14-15H,3-10H2,1-2H3. The van der Waals surface area contributed by atoms with Gasteiger partial charge >= 0.3 is 0 Å². The Morgan fingerprint density at radius 2 is 2.07 bits per heavy atom. The molecule has 1 N–H and O–H groups in total. The second-order valence-electron chi connectivity index (χ2n) is 4.94. The van der Waals surface area contributed by atoms with Crippen LogP contribution in [0.5, 0.6) is 0 Å². The number of aliphatic hydroxyl groups is 1. The predicted molar refractivity (Wildman–Crippen MR) is 68.5 cm³/mol. The smallest absolute Gasteiger partial charge is 0.0471 e. The highest BCUT2D eigenvalue weighted by Gasteiger charge is 2.30. The molecule has 0 radical (unpaired) electrons. The molecule has 15 heavy (non-hydrogen) atoms. The summed E-state index contributed by atoms with van der Waals surface area (Å²) in [5, 5.41) is 9.11. The predicted octanol–water partition coefficient (Wildman–Crippen LogP) is 2.04. The van der Waals surface area contributed by atoms with Gasteiger partial charge in [0.1, 0.15) is 0 Å². The topological polar surface area (TPSA) is 23.5 Å². The number of hydrogen-bond acceptors (Lipinski definition) is 3. The van der Waals surface area contributed by atoms with Crippen LogP contribution in [0.2, 0.25) is 0 Å². The summed E-state index contributed by atoms with van der Waals surface area (Å²) in [5.74, 6) is 1.48. The van der Waals surface area contributed by atoms with Gasteiger partial charge < -0.3 is 10.0 Å². The van der Waals surface area contributed by atoms with Crippen LogP contribution in [-0.2, 0) is 0 Å². The van der Waals surface area contributed by atoms with Gasteiger partial charge in [-0.3, -0.25) is 0 Å². The number of likely N-dealkylation sites (tertiary alicyclic amines) is 1. The molecular weight excluding hydrogens is 206 g/mol. The zero-order valence-corrected chi connectivity index (χ0v) is 11.0. The van der Waals surface area contributed by atoms with Crippen LogP contribution < -0.4 is 0 Å². The Balaban J connectivity index is 2.45. The van der Waals surface area contributed by atoms with Crippen LogP contribution in [0.15, 0.2) is 0 Å². The zero-order valence-electron chi connectivity index (χ0n) is 10.1. The van der Waals surface area contributed by atoms with Crippen molar-refractivity contribution in [3.8, 4) is 0 Å². The van der Waals surface area contributed by atoms with Crippen LogP contribution in [0.25, 0.3) is 0 Å². The minimum atomic E-state index is 0.350. The van der Waals surface area contributed by atoms with Crippen molar-refractivity contribution < 1.29 is 5.11 Å². The number of rotatable bonds is 6. The first-order valence-electron chi connectivity index (χ1n) is 6.13. The molecule has 1 heterocycles. The Hall–Kier alpha value is 0.270. The van der Waals surface area contributed by atoms with E-state index in [4.69, 9.17) is 5.11 Å². The second-order valence-corrected chi connectivity index (χ2v) is 5.25. The number of thiol groups is 1. The Bertz CT molecular complexity index is 174. The van der Waals surface area contributed by atoms with Gasteiger partial charge in [0.15, 0.2) is 0 Å². The van der Waals surface area contributed by atoms with E-state index in [1.54, 1.807) is 0 Å². The third-order valence-electron chi connectivity index (χ3n) is 4.02. The summed E-state index contributed by atoms with van der Waals surface area (Å²) in [7, 11) is 0. The summed E-state index contributed by atoms with van der Waals surface area (Å²) in [6.07, 6.45) is 3.56. The largest absolute Gasteiger partial charge is 0.396 e. The minimum Gasteiger partial charge on any atom is -0.396 e. The lowest BCUT2D eigenvalue weighted by Gasteiger charge is -2.34. The summed E-state index contributed by atoms with van der Waals surface area (Å²) >= 11 is 4.50. The fourth-order valence-corrected chi connectivity index (χ4v) is 2.97. The highest BCUT2D eigenvalue weighted by molar-refractivity contribution is 7.80. The Morgan fingerprint density at radius 3 is 2.47 bits per heavy atom. The van der Waals surface area contributed by atoms with Crippen LogP contribution in [0.1, 0.15) is 33.1 Å². The maximum absolute atomic E-state index is 9.11. The van der Waals surface area contributed by atoms with E-state index in [9.17, 15) is 0 Å². The molecule has 0 aromatic heterocycles. The molecule has 1 atom stereocenters. The van der Waals surface area contributed by atoms with E-state index >= 15 is 0 Å². The normalized spacial score (nSPS) is 23.6. The van der Waals surface area contributed by atoms with Crippen molar-refractivity contribution in [3.63, 3.8) is 0 Å². The second kappa shape index (κ2) is 6.12. The summed E-state index contributed by atoms with van der Waals surface area (Å²) < 4.78 is 0. The molecule has 0 saturated carbocycles. The van der Waals surface area contributed by atoms with Crippen molar-refractivity contribution in [2.24, 2.45) is 11.3 Å². The number of nitrogens with zero attached hydrogens (tertiary/aromatic N) is 1. The molecule has 0 aromatic rings. The van der Waals surface area contributed by atoms with Crippen molar-refractivity contribution in [2.45, 2.75) is 33.1 Å². The first-order valence-corrected chi connectivity index (χ1v) is 6.77. The van der Waals surface area contributed by atoms with E-state index < -0.39 is 0 Å². The van der Waals surface area contributed by atoms with Gasteiger partial charge in [0.25, 0.3) is 0 Å². The van der Waals surface area contributed by atoms with Gasteiger partial charge in [-0.05, 0) is 42.9 Å². The van der Waals surface area contributed by atoms with E-state index in [0.717, 1.165) is 31.8 Å². The van der Waals surface area contributed by atoms with Gasteiger partial charge in [0.2, 0.25) is 0 Å². The van der Waals surface area contributed by atoms with E-state index in [-0.39, 0.29) is 0 Å².